The molecular formula is C24H34ClN7. The molecule has 0 aliphatic carbocycles. The van der Waals surface area contributed by atoms with E-state index in [-0.39, 0.29) is 5.84 Å². The van der Waals surface area contributed by atoms with Crippen molar-refractivity contribution in [1.29, 1.82) is 0 Å². The van der Waals surface area contributed by atoms with Gasteiger partial charge in [-0.15, -0.1) is 0 Å². The minimum absolute atomic E-state index is 0.233. The maximum Gasteiger partial charge on any atom is 0.229 e. The van der Waals surface area contributed by atoms with Gasteiger partial charge < -0.3 is 21.7 Å². The van der Waals surface area contributed by atoms with Gasteiger partial charge in [-0.1, -0.05) is 17.7 Å². The molecule has 0 amide bonds. The molecule has 2 aromatic rings. The molecule has 7 nitrogen and oxygen atoms in total. The van der Waals surface area contributed by atoms with E-state index < -0.39 is 0 Å². The van der Waals surface area contributed by atoms with E-state index in [0.29, 0.717) is 34.4 Å². The molecule has 1 aliphatic heterocycles. The van der Waals surface area contributed by atoms with Gasteiger partial charge in [0.25, 0.3) is 0 Å². The van der Waals surface area contributed by atoms with Gasteiger partial charge in [0, 0.05) is 17.4 Å². The number of aryl methyl sites for hydroxylation is 2. The smallest absolute Gasteiger partial charge is 0.229 e. The predicted molar refractivity (Wildman–Crippen MR) is 134 cm³/mol. The number of aromatic nitrogens is 2. The second-order valence-corrected chi connectivity index (χ2v) is 9.25. The van der Waals surface area contributed by atoms with Crippen LogP contribution in [0.4, 0.5) is 17.5 Å². The third-order valence-corrected chi connectivity index (χ3v) is 6.16. The summed E-state index contributed by atoms with van der Waals surface area (Å²) in [6.07, 6.45) is 5.47. The summed E-state index contributed by atoms with van der Waals surface area (Å²) < 4.78 is 0. The van der Waals surface area contributed by atoms with Gasteiger partial charge in [0.2, 0.25) is 5.95 Å². The summed E-state index contributed by atoms with van der Waals surface area (Å²) in [4.78, 5) is 15.5. The molecule has 3 rings (SSSR count). The van der Waals surface area contributed by atoms with Crippen LogP contribution in [0.1, 0.15) is 56.2 Å². The fourth-order valence-electron chi connectivity index (χ4n) is 4.14. The zero-order valence-corrected chi connectivity index (χ0v) is 20.4. The van der Waals surface area contributed by atoms with Crippen LogP contribution in [-0.2, 0) is 0 Å². The van der Waals surface area contributed by atoms with Crippen LogP contribution in [-0.4, -0.2) is 39.8 Å². The zero-order chi connectivity index (χ0) is 23.4. The highest BCUT2D eigenvalue weighted by Gasteiger charge is 2.23. The number of hydrogen-bond donors (Lipinski definition) is 3. The van der Waals surface area contributed by atoms with Gasteiger partial charge in [0.1, 0.15) is 10.9 Å². The topological polar surface area (TPSA) is 105 Å². The molecule has 172 valence electrons. The van der Waals surface area contributed by atoms with E-state index in [1.54, 1.807) is 13.0 Å². The summed E-state index contributed by atoms with van der Waals surface area (Å²) in [5.41, 5.74) is 16.9. The van der Waals surface area contributed by atoms with E-state index in [4.69, 9.17) is 23.1 Å². The van der Waals surface area contributed by atoms with Crippen LogP contribution in [0.25, 0.3) is 0 Å². The third-order valence-electron chi connectivity index (χ3n) is 5.90. The summed E-state index contributed by atoms with van der Waals surface area (Å²) in [7, 11) is 0. The van der Waals surface area contributed by atoms with Gasteiger partial charge >= 0.3 is 0 Å². The van der Waals surface area contributed by atoms with Gasteiger partial charge in [-0.25, -0.2) is 9.98 Å². The van der Waals surface area contributed by atoms with Gasteiger partial charge in [-0.05, 0) is 95.3 Å². The summed E-state index contributed by atoms with van der Waals surface area (Å²) in [5.74, 6) is 1.54. The van der Waals surface area contributed by atoms with Gasteiger partial charge in [-0.2, -0.15) is 4.98 Å². The van der Waals surface area contributed by atoms with Crippen LogP contribution < -0.4 is 16.8 Å². The Kier molecular flexibility index (Phi) is 7.74. The number of rotatable bonds is 6. The number of amidine groups is 1. The molecule has 0 radical (unpaired) electrons. The van der Waals surface area contributed by atoms with E-state index >= 15 is 0 Å². The largest absolute Gasteiger partial charge is 0.402 e. The Hall–Kier alpha value is -2.64. The summed E-state index contributed by atoms with van der Waals surface area (Å²) >= 11 is 6.20. The van der Waals surface area contributed by atoms with Crippen LogP contribution in [0.3, 0.4) is 0 Å². The molecule has 2 heterocycles. The Labute approximate surface area is 196 Å². The van der Waals surface area contributed by atoms with Crippen molar-refractivity contribution in [1.82, 2.24) is 14.9 Å². The van der Waals surface area contributed by atoms with E-state index in [2.05, 4.69) is 65.0 Å². The first kappa shape index (κ1) is 24.0. The molecule has 1 fully saturated rings. The number of halogens is 1. The first-order valence-electron chi connectivity index (χ1n) is 11.1. The number of aliphatic imine (C=N–C) groups is 1. The lowest BCUT2D eigenvalue weighted by Gasteiger charge is -2.35. The van der Waals surface area contributed by atoms with Crippen LogP contribution in [0.2, 0.25) is 5.02 Å². The maximum absolute atomic E-state index is 6.20. The molecule has 0 unspecified atom stereocenters. The van der Waals surface area contributed by atoms with Crippen molar-refractivity contribution in [2.75, 3.05) is 18.4 Å². The monoisotopic (exact) mass is 455 g/mol. The molecule has 0 atom stereocenters. The summed E-state index contributed by atoms with van der Waals surface area (Å²) in [5, 5.41) is 3.62. The number of piperidine rings is 1. The molecule has 5 N–H and O–H groups in total. The average molecular weight is 456 g/mol. The Bertz CT molecular complexity index is 1020. The number of nitrogens with one attached hydrogen (secondary N) is 1. The minimum atomic E-state index is 0.233. The molecular weight excluding hydrogens is 422 g/mol. The van der Waals surface area contributed by atoms with E-state index in [1.807, 2.05) is 0 Å². The molecule has 32 heavy (non-hydrogen) atoms. The van der Waals surface area contributed by atoms with Crippen LogP contribution in [0.15, 0.2) is 35.1 Å². The van der Waals surface area contributed by atoms with Gasteiger partial charge in [0.05, 0.1) is 6.20 Å². The first-order valence-corrected chi connectivity index (χ1v) is 11.4. The van der Waals surface area contributed by atoms with Crippen LogP contribution >= 0.6 is 11.6 Å². The van der Waals surface area contributed by atoms with Crippen molar-refractivity contribution in [2.45, 2.75) is 59.4 Å². The number of nitrogens with zero attached hydrogens (tertiary/aromatic N) is 4. The molecule has 1 aromatic carbocycles. The highest BCUT2D eigenvalue weighted by molar-refractivity contribution is 6.32. The quantitative estimate of drug-likeness (QED) is 0.421. The minimum Gasteiger partial charge on any atom is -0.402 e. The standard InChI is InChI=1S/C24H34ClN7/c1-14(2)32-8-6-18(7-9-32)19-10-16(4)21(11-15(19)3)29-24-28-13-20(25)23(31-24)30-22(27)12-17(5)26/h10-14,18H,6-9,26H2,1-5H3,(H3,27,28,29,30,31)/b17-12-. The number of nitrogens with two attached hydrogens (primary N) is 2. The molecule has 1 aliphatic rings. The number of likely N-dealkylation sites (tertiary alicyclic amines) is 1. The van der Waals surface area contributed by atoms with Crippen molar-refractivity contribution < 1.29 is 0 Å². The van der Waals surface area contributed by atoms with Crippen LogP contribution in [0, 0.1) is 13.8 Å². The van der Waals surface area contributed by atoms with Gasteiger partial charge in [0.15, 0.2) is 5.82 Å². The number of anilines is 2. The lowest BCUT2D eigenvalue weighted by molar-refractivity contribution is 0.171. The second-order valence-electron chi connectivity index (χ2n) is 8.84. The highest BCUT2D eigenvalue weighted by atomic mass is 35.5. The fourth-order valence-corrected chi connectivity index (χ4v) is 4.28. The molecule has 1 aromatic heterocycles. The van der Waals surface area contributed by atoms with Crippen molar-refractivity contribution in [3.05, 3.63) is 51.8 Å². The fraction of sp³-hybridized carbons (Fsp3) is 0.458. The summed E-state index contributed by atoms with van der Waals surface area (Å²) in [6, 6.07) is 5.09. The molecule has 0 spiro atoms. The highest BCUT2D eigenvalue weighted by Crippen LogP contribution is 2.34. The van der Waals surface area contributed by atoms with Gasteiger partial charge in [-0.3, -0.25) is 0 Å². The van der Waals surface area contributed by atoms with Crippen molar-refractivity contribution in [3.8, 4) is 0 Å². The number of hydrogen-bond acceptors (Lipinski definition) is 6. The maximum atomic E-state index is 6.20. The normalized spacial score (nSPS) is 16.6. The molecule has 1 saturated heterocycles. The number of allylic oxidation sites excluding steroid dienone is 1. The third kappa shape index (κ3) is 5.99. The zero-order valence-electron chi connectivity index (χ0n) is 19.6. The average Bonchev–Trinajstić information content (AvgIpc) is 2.72. The Balaban J connectivity index is 1.80. The van der Waals surface area contributed by atoms with E-state index in [1.165, 1.54) is 30.2 Å². The molecule has 0 saturated carbocycles. The van der Waals surface area contributed by atoms with E-state index in [0.717, 1.165) is 24.3 Å². The lowest BCUT2D eigenvalue weighted by Crippen LogP contribution is -2.37. The number of benzene rings is 1. The SMILES string of the molecule is C/C(N)=C/C(N)=Nc1nc(Nc2cc(C)c(C3CCN(C(C)C)CC3)cc2C)ncc1Cl. The molecule has 8 heteroatoms. The van der Waals surface area contributed by atoms with E-state index in [9.17, 15) is 0 Å². The predicted octanol–water partition coefficient (Wildman–Crippen LogP) is 4.93. The lowest BCUT2D eigenvalue weighted by atomic mass is 9.85. The van der Waals surface area contributed by atoms with Crippen molar-refractivity contribution in [2.24, 2.45) is 16.5 Å². The van der Waals surface area contributed by atoms with Crippen molar-refractivity contribution >= 4 is 34.9 Å². The van der Waals surface area contributed by atoms with Crippen LogP contribution in [0.5, 0.6) is 0 Å². The first-order chi connectivity index (χ1) is 15.1. The Morgan fingerprint density at radius 1 is 1.22 bits per heavy atom. The van der Waals surface area contributed by atoms with Crippen molar-refractivity contribution in [3.63, 3.8) is 0 Å². The Morgan fingerprint density at radius 3 is 2.53 bits per heavy atom. The summed E-state index contributed by atoms with van der Waals surface area (Å²) in [6.45, 7) is 12.9. The Morgan fingerprint density at radius 2 is 1.91 bits per heavy atom. The second kappa shape index (κ2) is 10.3. The molecule has 0 bridgehead atoms.